The molecule has 34 heavy (non-hydrogen) atoms. The van der Waals surface area contributed by atoms with Gasteiger partial charge in [0.25, 0.3) is 0 Å². The Morgan fingerprint density at radius 1 is 1.21 bits per heavy atom. The molecule has 2 amide bonds. The number of hydrogen-bond acceptors (Lipinski definition) is 2. The lowest BCUT2D eigenvalue weighted by atomic mass is 9.78. The summed E-state index contributed by atoms with van der Waals surface area (Å²) in [5.41, 5.74) is 0.578. The van der Waals surface area contributed by atoms with Crippen molar-refractivity contribution in [2.75, 3.05) is 20.1 Å². The Bertz CT molecular complexity index is 1090. The molecule has 1 heterocycles. The van der Waals surface area contributed by atoms with Gasteiger partial charge >= 0.3 is 12.3 Å². The van der Waals surface area contributed by atoms with Gasteiger partial charge in [0.2, 0.25) is 5.91 Å². The second-order valence-electron chi connectivity index (χ2n) is 8.63. The first-order valence-corrected chi connectivity index (χ1v) is 11.1. The van der Waals surface area contributed by atoms with Crippen molar-refractivity contribution in [1.29, 1.82) is 0 Å². The molecular formula is C24H25ClF4N2O3. The largest absolute Gasteiger partial charge is 0.465 e. The van der Waals surface area contributed by atoms with Crippen molar-refractivity contribution in [2.24, 2.45) is 5.92 Å². The Kier molecular flexibility index (Phi) is 7.45. The summed E-state index contributed by atoms with van der Waals surface area (Å²) in [6, 6.07) is 6.61. The topological polar surface area (TPSA) is 60.9 Å². The summed E-state index contributed by atoms with van der Waals surface area (Å²) in [5.74, 6) is -1.94. The number of likely N-dealkylation sites (tertiary alicyclic amines) is 1. The Hall–Kier alpha value is -2.81. The minimum absolute atomic E-state index is 0.0514. The Morgan fingerprint density at radius 3 is 2.47 bits per heavy atom. The molecule has 2 aromatic carbocycles. The lowest BCUT2D eigenvalue weighted by molar-refractivity contribution is -0.138. The number of carbonyl (C=O) groups excluding carboxylic acids is 1. The molecule has 184 valence electrons. The van der Waals surface area contributed by atoms with Crippen LogP contribution in [0, 0.1) is 18.7 Å². The van der Waals surface area contributed by atoms with E-state index in [4.69, 9.17) is 11.6 Å². The fraction of sp³-hybridized carbons (Fsp3) is 0.417. The van der Waals surface area contributed by atoms with E-state index in [0.717, 1.165) is 12.1 Å². The van der Waals surface area contributed by atoms with Gasteiger partial charge < -0.3 is 14.9 Å². The van der Waals surface area contributed by atoms with E-state index in [2.05, 4.69) is 0 Å². The zero-order chi connectivity index (χ0) is 25.4. The number of hydrogen-bond donors (Lipinski definition) is 1. The van der Waals surface area contributed by atoms with E-state index < -0.39 is 41.5 Å². The number of halogens is 5. The summed E-state index contributed by atoms with van der Waals surface area (Å²) in [5, 5.41) is 9.38. The van der Waals surface area contributed by atoms with Gasteiger partial charge in [-0.05, 0) is 67.3 Å². The molecule has 1 fully saturated rings. The minimum Gasteiger partial charge on any atom is -0.465 e. The van der Waals surface area contributed by atoms with E-state index in [1.165, 1.54) is 35.0 Å². The summed E-state index contributed by atoms with van der Waals surface area (Å²) in [6.45, 7) is 3.49. The number of carbonyl (C=O) groups is 2. The van der Waals surface area contributed by atoms with Gasteiger partial charge in [-0.3, -0.25) is 4.79 Å². The van der Waals surface area contributed by atoms with Crippen LogP contribution >= 0.6 is 11.6 Å². The molecule has 0 aromatic heterocycles. The monoisotopic (exact) mass is 500 g/mol. The van der Waals surface area contributed by atoms with Gasteiger partial charge in [-0.1, -0.05) is 17.7 Å². The van der Waals surface area contributed by atoms with Gasteiger partial charge in [0.1, 0.15) is 5.82 Å². The van der Waals surface area contributed by atoms with Crippen LogP contribution in [0.15, 0.2) is 36.4 Å². The molecule has 10 heteroatoms. The van der Waals surface area contributed by atoms with Crippen LogP contribution < -0.4 is 0 Å². The average Bonchev–Trinajstić information content (AvgIpc) is 2.76. The van der Waals surface area contributed by atoms with Crippen LogP contribution in [-0.2, 0) is 11.0 Å². The number of nitrogens with zero attached hydrogens (tertiary/aromatic N) is 2. The number of aryl methyl sites for hydroxylation is 1. The molecule has 3 unspecified atom stereocenters. The van der Waals surface area contributed by atoms with Gasteiger partial charge in [0.05, 0.1) is 11.6 Å². The maximum Gasteiger partial charge on any atom is 0.416 e. The third-order valence-corrected chi connectivity index (χ3v) is 6.71. The molecule has 1 aliphatic heterocycles. The van der Waals surface area contributed by atoms with E-state index in [0.29, 0.717) is 11.1 Å². The van der Waals surface area contributed by atoms with Crippen LogP contribution in [0.1, 0.15) is 47.6 Å². The fourth-order valence-corrected chi connectivity index (χ4v) is 4.73. The lowest BCUT2D eigenvalue weighted by Crippen LogP contribution is -2.48. The highest BCUT2D eigenvalue weighted by molar-refractivity contribution is 6.30. The standard InChI is InChI=1S/C24H25ClF4N2O3/c1-13-8-18(26)4-5-19(13)21-12-31(23(33)34)7-6-20(21)22(32)30(3)14(2)15-9-16(24(27,28)29)11-17(25)10-15/h4-5,8-11,14,20-21H,6-7,12H2,1-3H3,(H,33,34). The summed E-state index contributed by atoms with van der Waals surface area (Å²) < 4.78 is 53.4. The molecule has 5 nitrogen and oxygen atoms in total. The normalized spacial score (nSPS) is 19.6. The van der Waals surface area contributed by atoms with E-state index >= 15 is 0 Å². The number of alkyl halides is 3. The fourth-order valence-electron chi connectivity index (χ4n) is 4.48. The maximum absolute atomic E-state index is 13.7. The number of piperidine rings is 1. The molecule has 0 aliphatic carbocycles. The Labute approximate surface area is 199 Å². The van der Waals surface area contributed by atoms with Gasteiger partial charge in [-0.15, -0.1) is 0 Å². The molecule has 0 radical (unpaired) electrons. The predicted molar refractivity (Wildman–Crippen MR) is 119 cm³/mol. The van der Waals surface area contributed by atoms with Gasteiger partial charge in [-0.25, -0.2) is 9.18 Å². The zero-order valence-electron chi connectivity index (χ0n) is 18.9. The third kappa shape index (κ3) is 5.46. The predicted octanol–water partition coefficient (Wildman–Crippen LogP) is 6.11. The maximum atomic E-state index is 13.7. The van der Waals surface area contributed by atoms with E-state index in [9.17, 15) is 32.3 Å². The van der Waals surface area contributed by atoms with Gasteiger partial charge in [0.15, 0.2) is 0 Å². The first-order valence-electron chi connectivity index (χ1n) is 10.7. The van der Waals surface area contributed by atoms with Crippen molar-refractivity contribution in [1.82, 2.24) is 9.80 Å². The number of benzene rings is 2. The van der Waals surface area contributed by atoms with Crippen LogP contribution in [0.4, 0.5) is 22.4 Å². The molecule has 2 aromatic rings. The van der Waals surface area contributed by atoms with Crippen molar-refractivity contribution in [3.8, 4) is 0 Å². The summed E-state index contributed by atoms with van der Waals surface area (Å²) >= 11 is 5.92. The minimum atomic E-state index is -4.59. The highest BCUT2D eigenvalue weighted by Crippen LogP contribution is 2.38. The first-order chi connectivity index (χ1) is 15.8. The van der Waals surface area contributed by atoms with Crippen LogP contribution in [0.5, 0.6) is 0 Å². The van der Waals surface area contributed by atoms with Crippen molar-refractivity contribution in [3.05, 3.63) is 69.5 Å². The summed E-state index contributed by atoms with van der Waals surface area (Å²) in [4.78, 5) is 27.7. The Morgan fingerprint density at radius 2 is 1.88 bits per heavy atom. The first kappa shape index (κ1) is 25.8. The smallest absolute Gasteiger partial charge is 0.416 e. The highest BCUT2D eigenvalue weighted by atomic mass is 35.5. The van der Waals surface area contributed by atoms with Crippen molar-refractivity contribution >= 4 is 23.6 Å². The highest BCUT2D eigenvalue weighted by Gasteiger charge is 2.40. The number of rotatable bonds is 4. The Balaban J connectivity index is 1.93. The SMILES string of the molecule is Cc1cc(F)ccc1C1CN(C(=O)O)CCC1C(=O)N(C)C(C)c1cc(Cl)cc(C(F)(F)F)c1. The summed E-state index contributed by atoms with van der Waals surface area (Å²) in [7, 11) is 1.50. The molecule has 0 spiro atoms. The van der Waals surface area contributed by atoms with E-state index in [1.54, 1.807) is 19.9 Å². The van der Waals surface area contributed by atoms with Crippen LogP contribution in [0.25, 0.3) is 0 Å². The molecule has 1 saturated heterocycles. The molecular weight excluding hydrogens is 476 g/mol. The average molecular weight is 501 g/mol. The second kappa shape index (κ2) is 9.82. The summed E-state index contributed by atoms with van der Waals surface area (Å²) in [6.07, 6.45) is -5.47. The molecule has 0 saturated carbocycles. The van der Waals surface area contributed by atoms with Crippen LogP contribution in [0.3, 0.4) is 0 Å². The molecule has 1 N–H and O–H groups in total. The van der Waals surface area contributed by atoms with Gasteiger partial charge in [-0.2, -0.15) is 13.2 Å². The van der Waals surface area contributed by atoms with Crippen molar-refractivity contribution < 1.29 is 32.3 Å². The molecule has 1 aliphatic rings. The van der Waals surface area contributed by atoms with Crippen molar-refractivity contribution in [2.45, 2.75) is 38.4 Å². The molecule has 3 atom stereocenters. The zero-order valence-corrected chi connectivity index (χ0v) is 19.6. The number of carboxylic acid groups (broad SMARTS) is 1. The quantitative estimate of drug-likeness (QED) is 0.515. The second-order valence-corrected chi connectivity index (χ2v) is 9.06. The molecule has 3 rings (SSSR count). The van der Waals surface area contributed by atoms with Crippen LogP contribution in [0.2, 0.25) is 5.02 Å². The van der Waals surface area contributed by atoms with Crippen LogP contribution in [-0.4, -0.2) is 47.0 Å². The van der Waals surface area contributed by atoms with Gasteiger partial charge in [0, 0.05) is 37.0 Å². The lowest BCUT2D eigenvalue weighted by Gasteiger charge is -2.40. The van der Waals surface area contributed by atoms with E-state index in [1.807, 2.05) is 0 Å². The number of amides is 2. The van der Waals surface area contributed by atoms with E-state index in [-0.39, 0.29) is 36.0 Å². The third-order valence-electron chi connectivity index (χ3n) is 6.49. The van der Waals surface area contributed by atoms with Crippen molar-refractivity contribution in [3.63, 3.8) is 0 Å². The molecule has 0 bridgehead atoms.